The van der Waals surface area contributed by atoms with Crippen LogP contribution in [-0.2, 0) is 6.42 Å². The van der Waals surface area contributed by atoms with Crippen LogP contribution in [0.3, 0.4) is 0 Å². The fourth-order valence-corrected chi connectivity index (χ4v) is 1.54. The number of rotatable bonds is 2. The molecule has 0 saturated heterocycles. The van der Waals surface area contributed by atoms with Crippen LogP contribution >= 0.6 is 0 Å². The summed E-state index contributed by atoms with van der Waals surface area (Å²) >= 11 is 0. The van der Waals surface area contributed by atoms with E-state index in [4.69, 9.17) is 5.73 Å². The lowest BCUT2D eigenvalue weighted by Crippen LogP contribution is -2.03. The molecule has 3 nitrogen and oxygen atoms in total. The molecule has 0 unspecified atom stereocenters. The van der Waals surface area contributed by atoms with Crippen LogP contribution in [-0.4, -0.2) is 15.9 Å². The first-order valence-corrected chi connectivity index (χ1v) is 4.44. The second-order valence-electron chi connectivity index (χ2n) is 3.15. The molecule has 0 aliphatic carbocycles. The lowest BCUT2D eigenvalue weighted by molar-refractivity contribution is 0.943. The Labute approximate surface area is 77.2 Å². The Bertz CT molecular complexity index is 417. The van der Waals surface area contributed by atoms with Crippen LogP contribution in [0, 0.1) is 6.92 Å². The van der Waals surface area contributed by atoms with E-state index in [1.807, 2.05) is 12.4 Å². The summed E-state index contributed by atoms with van der Waals surface area (Å²) in [5.74, 6) is 0. The first kappa shape index (κ1) is 8.26. The minimum Gasteiger partial charge on any atom is -0.330 e. The van der Waals surface area contributed by atoms with Gasteiger partial charge in [-0.1, -0.05) is 6.07 Å². The second-order valence-corrected chi connectivity index (χ2v) is 3.15. The number of fused-ring (bicyclic) bond motifs is 1. The van der Waals surface area contributed by atoms with Crippen LogP contribution in [0.25, 0.3) is 5.52 Å². The van der Waals surface area contributed by atoms with Crippen molar-refractivity contribution in [2.45, 2.75) is 13.3 Å². The van der Waals surface area contributed by atoms with E-state index in [1.165, 1.54) is 11.2 Å². The summed E-state index contributed by atoms with van der Waals surface area (Å²) in [4.78, 5) is 4.33. The lowest BCUT2D eigenvalue weighted by atomic mass is 10.2. The van der Waals surface area contributed by atoms with Crippen molar-refractivity contribution in [1.82, 2.24) is 9.38 Å². The standard InChI is InChI=1S/C10H13N3/c1-8-3-2-4-10-9(5-6-11)12-7-13(8)10/h2-4,7H,5-6,11H2,1H3. The summed E-state index contributed by atoms with van der Waals surface area (Å²) < 4.78 is 2.09. The summed E-state index contributed by atoms with van der Waals surface area (Å²) in [6.07, 6.45) is 2.70. The molecule has 13 heavy (non-hydrogen) atoms. The maximum absolute atomic E-state index is 5.50. The van der Waals surface area contributed by atoms with Gasteiger partial charge in [-0.2, -0.15) is 0 Å². The van der Waals surface area contributed by atoms with Crippen molar-refractivity contribution in [3.63, 3.8) is 0 Å². The van der Waals surface area contributed by atoms with E-state index in [0.717, 1.165) is 12.1 Å². The fourth-order valence-electron chi connectivity index (χ4n) is 1.54. The number of hydrogen-bond donors (Lipinski definition) is 1. The van der Waals surface area contributed by atoms with Crippen molar-refractivity contribution < 1.29 is 0 Å². The SMILES string of the molecule is Cc1cccc2c(CCN)ncn12. The third-order valence-electron chi connectivity index (χ3n) is 2.24. The highest BCUT2D eigenvalue weighted by Gasteiger charge is 2.03. The Hall–Kier alpha value is -1.35. The number of hydrogen-bond acceptors (Lipinski definition) is 2. The monoisotopic (exact) mass is 175 g/mol. The van der Waals surface area contributed by atoms with Crippen LogP contribution in [0.5, 0.6) is 0 Å². The van der Waals surface area contributed by atoms with Crippen LogP contribution in [0.4, 0.5) is 0 Å². The minimum absolute atomic E-state index is 0.653. The molecule has 0 aromatic carbocycles. The molecule has 2 aromatic heterocycles. The van der Waals surface area contributed by atoms with E-state index < -0.39 is 0 Å². The van der Waals surface area contributed by atoms with Gasteiger partial charge in [0.1, 0.15) is 0 Å². The number of aryl methyl sites for hydroxylation is 1. The quantitative estimate of drug-likeness (QED) is 0.744. The molecule has 0 fully saturated rings. The topological polar surface area (TPSA) is 43.3 Å². The van der Waals surface area contributed by atoms with E-state index in [-0.39, 0.29) is 0 Å². The Morgan fingerprint density at radius 2 is 2.31 bits per heavy atom. The summed E-state index contributed by atoms with van der Waals surface area (Å²) in [5.41, 5.74) is 8.96. The second kappa shape index (κ2) is 3.18. The van der Waals surface area contributed by atoms with Crippen molar-refractivity contribution in [2.75, 3.05) is 6.54 Å². The molecule has 0 amide bonds. The molecule has 2 N–H and O–H groups in total. The maximum atomic E-state index is 5.50. The molecule has 2 heterocycles. The number of nitrogens with two attached hydrogens (primary N) is 1. The van der Waals surface area contributed by atoms with Crippen LogP contribution in [0.1, 0.15) is 11.4 Å². The van der Waals surface area contributed by atoms with Gasteiger partial charge in [-0.3, -0.25) is 0 Å². The largest absolute Gasteiger partial charge is 0.330 e. The van der Waals surface area contributed by atoms with Gasteiger partial charge in [0.25, 0.3) is 0 Å². The smallest absolute Gasteiger partial charge is 0.0997 e. The number of aromatic nitrogens is 2. The first-order chi connectivity index (χ1) is 6.33. The van der Waals surface area contributed by atoms with Gasteiger partial charge >= 0.3 is 0 Å². The number of imidazole rings is 1. The molecule has 0 bridgehead atoms. The van der Waals surface area contributed by atoms with Crippen LogP contribution < -0.4 is 5.73 Å². The van der Waals surface area contributed by atoms with Crippen LogP contribution in [0.2, 0.25) is 0 Å². The molecule has 0 saturated carbocycles. The summed E-state index contributed by atoms with van der Waals surface area (Å²) in [6, 6.07) is 6.19. The highest BCUT2D eigenvalue weighted by Crippen LogP contribution is 2.11. The van der Waals surface area contributed by atoms with Crippen LogP contribution in [0.15, 0.2) is 24.5 Å². The molecular formula is C10H13N3. The molecular weight excluding hydrogens is 162 g/mol. The van der Waals surface area contributed by atoms with E-state index in [2.05, 4.69) is 28.4 Å². The molecule has 0 spiro atoms. The predicted molar refractivity (Wildman–Crippen MR) is 52.7 cm³/mol. The normalized spacial score (nSPS) is 10.9. The lowest BCUT2D eigenvalue weighted by Gasteiger charge is -1.99. The van der Waals surface area contributed by atoms with Gasteiger partial charge in [0, 0.05) is 12.1 Å². The average Bonchev–Trinajstić information content (AvgIpc) is 2.51. The third kappa shape index (κ3) is 1.31. The van der Waals surface area contributed by atoms with Gasteiger partial charge in [-0.05, 0) is 25.6 Å². The Balaban J connectivity index is 2.61. The molecule has 3 heteroatoms. The highest BCUT2D eigenvalue weighted by atomic mass is 15.0. The summed E-state index contributed by atoms with van der Waals surface area (Å²) in [6.45, 7) is 2.72. The molecule has 0 aliphatic rings. The van der Waals surface area contributed by atoms with E-state index >= 15 is 0 Å². The molecule has 2 aromatic rings. The number of nitrogens with zero attached hydrogens (tertiary/aromatic N) is 2. The Morgan fingerprint density at radius 1 is 1.46 bits per heavy atom. The zero-order valence-electron chi connectivity index (χ0n) is 7.70. The van der Waals surface area contributed by atoms with Crippen molar-refractivity contribution in [1.29, 1.82) is 0 Å². The molecule has 0 atom stereocenters. The number of pyridine rings is 1. The van der Waals surface area contributed by atoms with Gasteiger partial charge in [0.15, 0.2) is 0 Å². The Morgan fingerprint density at radius 3 is 3.08 bits per heavy atom. The third-order valence-corrected chi connectivity index (χ3v) is 2.24. The van der Waals surface area contributed by atoms with Crippen molar-refractivity contribution in [2.24, 2.45) is 5.73 Å². The van der Waals surface area contributed by atoms with Gasteiger partial charge in [0.2, 0.25) is 0 Å². The van der Waals surface area contributed by atoms with Crippen molar-refractivity contribution in [3.05, 3.63) is 35.9 Å². The fraction of sp³-hybridized carbons (Fsp3) is 0.300. The summed E-state index contributed by atoms with van der Waals surface area (Å²) in [7, 11) is 0. The first-order valence-electron chi connectivity index (χ1n) is 4.44. The zero-order valence-corrected chi connectivity index (χ0v) is 7.70. The van der Waals surface area contributed by atoms with Crippen molar-refractivity contribution >= 4 is 5.52 Å². The zero-order chi connectivity index (χ0) is 9.26. The van der Waals surface area contributed by atoms with Crippen molar-refractivity contribution in [3.8, 4) is 0 Å². The maximum Gasteiger partial charge on any atom is 0.0997 e. The van der Waals surface area contributed by atoms with Gasteiger partial charge in [0.05, 0.1) is 17.5 Å². The van der Waals surface area contributed by atoms with Gasteiger partial charge < -0.3 is 10.1 Å². The molecule has 0 radical (unpaired) electrons. The summed E-state index contributed by atoms with van der Waals surface area (Å²) in [5, 5.41) is 0. The average molecular weight is 175 g/mol. The predicted octanol–water partition coefficient (Wildman–Crippen LogP) is 1.14. The molecule has 0 aliphatic heterocycles. The highest BCUT2D eigenvalue weighted by molar-refractivity contribution is 5.52. The minimum atomic E-state index is 0.653. The van der Waals surface area contributed by atoms with E-state index in [9.17, 15) is 0 Å². The van der Waals surface area contributed by atoms with E-state index in [1.54, 1.807) is 0 Å². The van der Waals surface area contributed by atoms with E-state index in [0.29, 0.717) is 6.54 Å². The van der Waals surface area contributed by atoms with Gasteiger partial charge in [-0.25, -0.2) is 4.98 Å². The molecule has 68 valence electrons. The Kier molecular flexibility index (Phi) is 2.02. The molecule has 2 rings (SSSR count). The van der Waals surface area contributed by atoms with Gasteiger partial charge in [-0.15, -0.1) is 0 Å².